The SMILES string of the molecule is O=C(Cl)c1ccccc1N=Cc1ccc(Cl)cc1. The van der Waals surface area contributed by atoms with Crippen molar-refractivity contribution in [3.8, 4) is 0 Å². The van der Waals surface area contributed by atoms with Gasteiger partial charge in [-0.05, 0) is 41.4 Å². The van der Waals surface area contributed by atoms with Gasteiger partial charge in [-0.25, -0.2) is 0 Å². The zero-order valence-electron chi connectivity index (χ0n) is 9.31. The molecular formula is C14H9Cl2NO. The molecule has 2 nitrogen and oxygen atoms in total. The normalized spacial score (nSPS) is 10.8. The van der Waals surface area contributed by atoms with Gasteiger partial charge in [0.15, 0.2) is 0 Å². The van der Waals surface area contributed by atoms with Crippen LogP contribution in [0.25, 0.3) is 0 Å². The lowest BCUT2D eigenvalue weighted by atomic mass is 10.2. The van der Waals surface area contributed by atoms with Crippen LogP contribution in [0.4, 0.5) is 5.69 Å². The highest BCUT2D eigenvalue weighted by Gasteiger charge is 2.06. The number of benzene rings is 2. The summed E-state index contributed by atoms with van der Waals surface area (Å²) in [5.41, 5.74) is 1.84. The Bertz CT molecular complexity index is 591. The van der Waals surface area contributed by atoms with Gasteiger partial charge in [0.1, 0.15) is 0 Å². The summed E-state index contributed by atoms with van der Waals surface area (Å²) < 4.78 is 0. The van der Waals surface area contributed by atoms with E-state index in [-0.39, 0.29) is 0 Å². The molecule has 0 aliphatic carbocycles. The van der Waals surface area contributed by atoms with Gasteiger partial charge < -0.3 is 0 Å². The van der Waals surface area contributed by atoms with E-state index in [4.69, 9.17) is 23.2 Å². The van der Waals surface area contributed by atoms with Crippen molar-refractivity contribution in [3.05, 3.63) is 64.7 Å². The van der Waals surface area contributed by atoms with Gasteiger partial charge >= 0.3 is 0 Å². The summed E-state index contributed by atoms with van der Waals surface area (Å²) in [7, 11) is 0. The molecule has 0 aliphatic heterocycles. The Hall–Kier alpha value is -1.64. The molecule has 0 amide bonds. The third kappa shape index (κ3) is 3.19. The number of aliphatic imine (C=N–C) groups is 1. The molecular weight excluding hydrogens is 269 g/mol. The Morgan fingerprint density at radius 1 is 1.06 bits per heavy atom. The Morgan fingerprint density at radius 3 is 2.39 bits per heavy atom. The number of halogens is 2. The Balaban J connectivity index is 2.29. The maximum atomic E-state index is 11.2. The van der Waals surface area contributed by atoms with Crippen molar-refractivity contribution in [2.45, 2.75) is 0 Å². The molecule has 0 bridgehead atoms. The zero-order valence-corrected chi connectivity index (χ0v) is 10.8. The molecule has 90 valence electrons. The average molecular weight is 278 g/mol. The van der Waals surface area contributed by atoms with Crippen LogP contribution in [0.1, 0.15) is 15.9 Å². The maximum absolute atomic E-state index is 11.2. The quantitative estimate of drug-likeness (QED) is 0.601. The van der Waals surface area contributed by atoms with Gasteiger partial charge in [0.05, 0.1) is 11.3 Å². The van der Waals surface area contributed by atoms with Crippen LogP contribution in [0.15, 0.2) is 53.5 Å². The van der Waals surface area contributed by atoms with Crippen LogP contribution in [-0.2, 0) is 0 Å². The second kappa shape index (κ2) is 5.80. The number of rotatable bonds is 3. The summed E-state index contributed by atoms with van der Waals surface area (Å²) >= 11 is 11.3. The Labute approximate surface area is 115 Å². The molecule has 2 rings (SSSR count). The summed E-state index contributed by atoms with van der Waals surface area (Å²) in [6.45, 7) is 0. The van der Waals surface area contributed by atoms with E-state index in [9.17, 15) is 4.79 Å². The predicted molar refractivity (Wildman–Crippen MR) is 75.3 cm³/mol. The van der Waals surface area contributed by atoms with Gasteiger partial charge in [-0.1, -0.05) is 35.9 Å². The number of nitrogens with zero attached hydrogens (tertiary/aromatic N) is 1. The van der Waals surface area contributed by atoms with Crippen molar-refractivity contribution < 1.29 is 4.79 Å². The van der Waals surface area contributed by atoms with Crippen LogP contribution in [-0.4, -0.2) is 11.5 Å². The summed E-state index contributed by atoms with van der Waals surface area (Å²) in [6.07, 6.45) is 1.66. The molecule has 0 radical (unpaired) electrons. The van der Waals surface area contributed by atoms with Gasteiger partial charge in [-0.2, -0.15) is 0 Å². The second-order valence-electron chi connectivity index (χ2n) is 3.60. The first-order chi connectivity index (χ1) is 8.66. The van der Waals surface area contributed by atoms with Crippen molar-refractivity contribution in [3.63, 3.8) is 0 Å². The minimum atomic E-state index is -0.515. The number of carbonyl (C=O) groups excluding carboxylic acids is 1. The van der Waals surface area contributed by atoms with Crippen LogP contribution in [0.3, 0.4) is 0 Å². The van der Waals surface area contributed by atoms with Gasteiger partial charge in [-0.3, -0.25) is 9.79 Å². The third-order valence-electron chi connectivity index (χ3n) is 2.34. The molecule has 2 aromatic carbocycles. The van der Waals surface area contributed by atoms with Crippen LogP contribution >= 0.6 is 23.2 Å². The molecule has 2 aromatic rings. The van der Waals surface area contributed by atoms with E-state index in [1.54, 1.807) is 42.6 Å². The first-order valence-electron chi connectivity index (χ1n) is 5.25. The Kier molecular flexibility index (Phi) is 4.13. The first kappa shape index (κ1) is 12.8. The highest BCUT2D eigenvalue weighted by molar-refractivity contribution is 6.68. The van der Waals surface area contributed by atoms with E-state index >= 15 is 0 Å². The molecule has 0 N–H and O–H groups in total. The Morgan fingerprint density at radius 2 is 1.72 bits per heavy atom. The van der Waals surface area contributed by atoms with Crippen molar-refractivity contribution in [1.82, 2.24) is 0 Å². The summed E-state index contributed by atoms with van der Waals surface area (Å²) in [4.78, 5) is 15.5. The molecule has 18 heavy (non-hydrogen) atoms. The highest BCUT2D eigenvalue weighted by atomic mass is 35.5. The van der Waals surface area contributed by atoms with Gasteiger partial charge in [0.2, 0.25) is 0 Å². The zero-order chi connectivity index (χ0) is 13.0. The van der Waals surface area contributed by atoms with E-state index in [0.29, 0.717) is 16.3 Å². The van der Waals surface area contributed by atoms with Crippen molar-refractivity contribution in [2.75, 3.05) is 0 Å². The third-order valence-corrected chi connectivity index (χ3v) is 2.79. The average Bonchev–Trinajstić information content (AvgIpc) is 2.38. The predicted octanol–water partition coefficient (Wildman–Crippen LogP) is 4.47. The van der Waals surface area contributed by atoms with Gasteiger partial charge in [0, 0.05) is 11.2 Å². The van der Waals surface area contributed by atoms with E-state index in [1.165, 1.54) is 0 Å². The smallest absolute Gasteiger partial charge is 0.254 e. The molecule has 0 spiro atoms. The summed E-state index contributed by atoms with van der Waals surface area (Å²) in [6, 6.07) is 14.2. The van der Waals surface area contributed by atoms with E-state index < -0.39 is 5.24 Å². The van der Waals surface area contributed by atoms with Crippen molar-refractivity contribution in [2.24, 2.45) is 4.99 Å². The minimum absolute atomic E-state index is 0.393. The molecule has 0 aliphatic rings. The van der Waals surface area contributed by atoms with Gasteiger partial charge in [0.25, 0.3) is 5.24 Å². The van der Waals surface area contributed by atoms with Crippen LogP contribution in [0, 0.1) is 0 Å². The lowest BCUT2D eigenvalue weighted by molar-refractivity contribution is 0.108. The number of hydrogen-bond donors (Lipinski definition) is 0. The summed E-state index contributed by atoms with van der Waals surface area (Å²) in [5.74, 6) is 0. The van der Waals surface area contributed by atoms with Crippen molar-refractivity contribution >= 4 is 40.3 Å². The minimum Gasteiger partial charge on any atom is -0.276 e. The lowest BCUT2D eigenvalue weighted by Crippen LogP contribution is -1.89. The van der Waals surface area contributed by atoms with E-state index in [1.807, 2.05) is 12.1 Å². The van der Waals surface area contributed by atoms with Crippen LogP contribution in [0.2, 0.25) is 5.02 Å². The maximum Gasteiger partial charge on any atom is 0.254 e. The molecule has 0 heterocycles. The number of carbonyl (C=O) groups is 1. The molecule has 0 atom stereocenters. The van der Waals surface area contributed by atoms with Gasteiger partial charge in [-0.15, -0.1) is 0 Å². The number of para-hydroxylation sites is 1. The monoisotopic (exact) mass is 277 g/mol. The van der Waals surface area contributed by atoms with E-state index in [2.05, 4.69) is 4.99 Å². The molecule has 0 saturated heterocycles. The van der Waals surface area contributed by atoms with E-state index in [0.717, 1.165) is 5.56 Å². The standard InChI is InChI=1S/C14H9Cl2NO/c15-11-7-5-10(6-8-11)9-17-13-4-2-1-3-12(13)14(16)18/h1-9H. The molecule has 0 saturated carbocycles. The fraction of sp³-hybridized carbons (Fsp3) is 0. The fourth-order valence-corrected chi connectivity index (χ4v) is 1.73. The number of hydrogen-bond acceptors (Lipinski definition) is 2. The highest BCUT2D eigenvalue weighted by Crippen LogP contribution is 2.20. The fourth-order valence-electron chi connectivity index (χ4n) is 1.45. The largest absolute Gasteiger partial charge is 0.276 e. The molecule has 0 aromatic heterocycles. The first-order valence-corrected chi connectivity index (χ1v) is 6.01. The van der Waals surface area contributed by atoms with Crippen LogP contribution < -0.4 is 0 Å². The summed E-state index contributed by atoms with van der Waals surface area (Å²) in [5, 5.41) is 0.155. The molecule has 4 heteroatoms. The van der Waals surface area contributed by atoms with Crippen LogP contribution in [0.5, 0.6) is 0 Å². The molecule has 0 fully saturated rings. The van der Waals surface area contributed by atoms with Crippen molar-refractivity contribution in [1.29, 1.82) is 0 Å². The molecule has 0 unspecified atom stereocenters. The topological polar surface area (TPSA) is 29.4 Å². The lowest BCUT2D eigenvalue weighted by Gasteiger charge is -1.99. The second-order valence-corrected chi connectivity index (χ2v) is 4.38.